The second-order valence-electron chi connectivity index (χ2n) is 26.3. The van der Waals surface area contributed by atoms with Crippen molar-refractivity contribution in [3.05, 3.63) is 24.3 Å². The van der Waals surface area contributed by atoms with Gasteiger partial charge in [0.05, 0.1) is 25.4 Å². The van der Waals surface area contributed by atoms with Crippen molar-refractivity contribution in [3.63, 3.8) is 0 Å². The Kier molecular flexibility index (Phi) is 71.4. The molecule has 6 heteroatoms. The van der Waals surface area contributed by atoms with Gasteiger partial charge in [-0.1, -0.05) is 385 Å². The molecule has 2 unspecified atom stereocenters. The van der Waals surface area contributed by atoms with E-state index >= 15 is 0 Å². The second-order valence-corrected chi connectivity index (χ2v) is 26.3. The first kappa shape index (κ1) is 81.3. The van der Waals surface area contributed by atoms with E-state index in [9.17, 15) is 19.8 Å². The number of hydrogen-bond acceptors (Lipinski definition) is 5. The van der Waals surface area contributed by atoms with Crippen molar-refractivity contribution >= 4 is 11.9 Å². The zero-order valence-electron chi connectivity index (χ0n) is 56.5. The average Bonchev–Trinajstić information content (AvgIpc) is 3.49. The summed E-state index contributed by atoms with van der Waals surface area (Å²) in [6.07, 6.45) is 92.9. The number of hydrogen-bond donors (Lipinski definition) is 3. The first-order chi connectivity index (χ1) is 41.0. The lowest BCUT2D eigenvalue weighted by Gasteiger charge is -2.20. The third kappa shape index (κ3) is 69.3. The Morgan fingerprint density at radius 1 is 0.325 bits per heavy atom. The van der Waals surface area contributed by atoms with Crippen molar-refractivity contribution in [3.8, 4) is 0 Å². The molecule has 2 atom stereocenters. The van der Waals surface area contributed by atoms with Crippen molar-refractivity contribution < 1.29 is 24.5 Å². The van der Waals surface area contributed by atoms with Gasteiger partial charge < -0.3 is 20.3 Å². The summed E-state index contributed by atoms with van der Waals surface area (Å²) in [5.74, 6) is -0.0465. The van der Waals surface area contributed by atoms with Gasteiger partial charge >= 0.3 is 5.97 Å². The molecule has 0 saturated carbocycles. The molecule has 0 rings (SSSR count). The van der Waals surface area contributed by atoms with E-state index in [0.717, 1.165) is 44.9 Å². The van der Waals surface area contributed by atoms with Crippen LogP contribution in [-0.2, 0) is 14.3 Å². The molecule has 0 saturated heterocycles. The van der Waals surface area contributed by atoms with E-state index in [0.29, 0.717) is 19.4 Å². The van der Waals surface area contributed by atoms with E-state index in [1.807, 2.05) is 6.08 Å². The van der Waals surface area contributed by atoms with Gasteiger partial charge in [0.2, 0.25) is 5.91 Å². The Labute approximate surface area is 520 Å². The zero-order chi connectivity index (χ0) is 59.9. The molecule has 83 heavy (non-hydrogen) atoms. The Balaban J connectivity index is 3.35. The molecular formula is C77H149NO5. The SMILES string of the molecule is CCCCC/C=C\CCCCCCCC(=O)OCCCCCCCCCCCCCCCCCCCCCCCCCCCCCCCCCCCC(=O)NC(CO)C(O)/C=C/CCCCCCCCCCCCCCCCCCCCC. The van der Waals surface area contributed by atoms with Gasteiger partial charge in [-0.3, -0.25) is 9.59 Å². The highest BCUT2D eigenvalue weighted by Gasteiger charge is 2.18. The van der Waals surface area contributed by atoms with Crippen LogP contribution in [0.5, 0.6) is 0 Å². The maximum absolute atomic E-state index is 12.5. The van der Waals surface area contributed by atoms with Crippen LogP contribution in [-0.4, -0.2) is 47.4 Å². The molecule has 0 aromatic carbocycles. The summed E-state index contributed by atoms with van der Waals surface area (Å²) in [5, 5.41) is 23.3. The highest BCUT2D eigenvalue weighted by Crippen LogP contribution is 2.20. The van der Waals surface area contributed by atoms with E-state index in [-0.39, 0.29) is 18.5 Å². The molecule has 0 bridgehead atoms. The van der Waals surface area contributed by atoms with Gasteiger partial charge in [-0.05, 0) is 57.8 Å². The quantitative estimate of drug-likeness (QED) is 0.0320. The second kappa shape index (κ2) is 72.8. The largest absolute Gasteiger partial charge is 0.466 e. The van der Waals surface area contributed by atoms with Crippen LogP contribution in [0.1, 0.15) is 431 Å². The monoisotopic (exact) mass is 1170 g/mol. The van der Waals surface area contributed by atoms with E-state index in [1.165, 1.54) is 360 Å². The minimum Gasteiger partial charge on any atom is -0.466 e. The minimum atomic E-state index is -0.842. The summed E-state index contributed by atoms with van der Waals surface area (Å²) >= 11 is 0. The lowest BCUT2D eigenvalue weighted by atomic mass is 10.0. The Morgan fingerprint density at radius 3 is 0.880 bits per heavy atom. The normalized spacial score (nSPS) is 12.6. The van der Waals surface area contributed by atoms with E-state index in [4.69, 9.17) is 4.74 Å². The fourth-order valence-electron chi connectivity index (χ4n) is 12.2. The van der Waals surface area contributed by atoms with Gasteiger partial charge in [0, 0.05) is 12.8 Å². The number of allylic oxidation sites excluding steroid dienone is 3. The van der Waals surface area contributed by atoms with Crippen LogP contribution in [0.25, 0.3) is 0 Å². The first-order valence-electron chi connectivity index (χ1n) is 38.1. The number of amides is 1. The molecule has 0 aliphatic carbocycles. The topological polar surface area (TPSA) is 95.9 Å². The fourth-order valence-corrected chi connectivity index (χ4v) is 12.2. The predicted octanol–water partition coefficient (Wildman–Crippen LogP) is 24.9. The molecule has 0 fully saturated rings. The summed E-state index contributed by atoms with van der Waals surface area (Å²) < 4.78 is 5.48. The van der Waals surface area contributed by atoms with Crippen LogP contribution in [0.15, 0.2) is 24.3 Å². The van der Waals surface area contributed by atoms with Gasteiger partial charge in [0.1, 0.15) is 0 Å². The summed E-state index contributed by atoms with van der Waals surface area (Å²) in [4.78, 5) is 24.6. The summed E-state index contributed by atoms with van der Waals surface area (Å²) in [6, 6.07) is -0.625. The minimum absolute atomic E-state index is 0.0120. The molecule has 1 amide bonds. The Morgan fingerprint density at radius 2 is 0.566 bits per heavy atom. The van der Waals surface area contributed by atoms with Gasteiger partial charge in [-0.15, -0.1) is 0 Å². The van der Waals surface area contributed by atoms with Crippen molar-refractivity contribution in [1.29, 1.82) is 0 Å². The van der Waals surface area contributed by atoms with Crippen LogP contribution in [0, 0.1) is 0 Å². The van der Waals surface area contributed by atoms with E-state index in [1.54, 1.807) is 6.08 Å². The molecule has 0 radical (unpaired) electrons. The predicted molar refractivity (Wildman–Crippen MR) is 366 cm³/mol. The summed E-state index contributed by atoms with van der Waals surface area (Å²) in [5.41, 5.74) is 0. The highest BCUT2D eigenvalue weighted by molar-refractivity contribution is 5.76. The highest BCUT2D eigenvalue weighted by atomic mass is 16.5. The van der Waals surface area contributed by atoms with Crippen LogP contribution in [0.2, 0.25) is 0 Å². The number of rotatable bonds is 72. The fraction of sp³-hybridized carbons (Fsp3) is 0.922. The number of aliphatic hydroxyl groups excluding tert-OH is 2. The lowest BCUT2D eigenvalue weighted by molar-refractivity contribution is -0.143. The molecule has 6 nitrogen and oxygen atoms in total. The van der Waals surface area contributed by atoms with E-state index in [2.05, 4.69) is 31.3 Å². The summed E-state index contributed by atoms with van der Waals surface area (Å²) in [7, 11) is 0. The molecule has 0 aliphatic heterocycles. The maximum Gasteiger partial charge on any atom is 0.305 e. The molecule has 0 aromatic rings. The molecule has 0 spiro atoms. The van der Waals surface area contributed by atoms with Crippen molar-refractivity contribution in [1.82, 2.24) is 5.32 Å². The standard InChI is InChI=1S/C77H149NO5/c1-3-5-7-9-11-13-15-17-18-19-20-34-37-40-43-46-49-53-57-61-65-69-75(80)74(73-79)78-76(81)70-66-62-58-54-50-47-44-41-38-35-32-30-28-26-24-22-21-23-25-27-29-31-33-36-39-42-45-48-52-56-60-64-68-72-83-77(82)71-67-63-59-55-51-16-14-12-10-8-6-4-2/h12,14,65,69,74-75,79-80H,3-11,13,15-64,66-68,70-73H2,1-2H3,(H,78,81)/b14-12-,69-65+. The Hall–Kier alpha value is -1.66. The van der Waals surface area contributed by atoms with Crippen LogP contribution >= 0.6 is 0 Å². The molecular weight excluding hydrogens is 1020 g/mol. The molecule has 492 valence electrons. The molecule has 0 aromatic heterocycles. The van der Waals surface area contributed by atoms with Crippen LogP contribution < -0.4 is 5.32 Å². The van der Waals surface area contributed by atoms with E-state index < -0.39 is 12.1 Å². The van der Waals surface area contributed by atoms with Crippen molar-refractivity contribution in [2.45, 2.75) is 443 Å². The molecule has 3 N–H and O–H groups in total. The third-order valence-electron chi connectivity index (χ3n) is 18.0. The number of carbonyl (C=O) groups excluding carboxylic acids is 2. The van der Waals surface area contributed by atoms with Gasteiger partial charge in [-0.2, -0.15) is 0 Å². The van der Waals surface area contributed by atoms with Crippen molar-refractivity contribution in [2.75, 3.05) is 13.2 Å². The molecule has 0 aliphatic rings. The number of esters is 1. The zero-order valence-corrected chi connectivity index (χ0v) is 56.5. The van der Waals surface area contributed by atoms with Crippen molar-refractivity contribution in [2.24, 2.45) is 0 Å². The molecule has 0 heterocycles. The first-order valence-corrected chi connectivity index (χ1v) is 38.1. The number of nitrogens with one attached hydrogen (secondary N) is 1. The smallest absolute Gasteiger partial charge is 0.305 e. The average molecular weight is 1170 g/mol. The maximum atomic E-state index is 12.5. The van der Waals surface area contributed by atoms with Crippen LogP contribution in [0.3, 0.4) is 0 Å². The summed E-state index contributed by atoms with van der Waals surface area (Å²) in [6.45, 7) is 4.93. The number of unbranched alkanes of at least 4 members (excludes halogenated alkanes) is 59. The lowest BCUT2D eigenvalue weighted by Crippen LogP contribution is -2.45. The Bertz CT molecular complexity index is 1300. The number of ether oxygens (including phenoxy) is 1. The third-order valence-corrected chi connectivity index (χ3v) is 18.0. The van der Waals surface area contributed by atoms with Gasteiger partial charge in [-0.25, -0.2) is 0 Å². The van der Waals surface area contributed by atoms with Crippen LogP contribution in [0.4, 0.5) is 0 Å². The van der Waals surface area contributed by atoms with Gasteiger partial charge in [0.25, 0.3) is 0 Å². The number of aliphatic hydroxyl groups is 2. The van der Waals surface area contributed by atoms with Gasteiger partial charge in [0.15, 0.2) is 0 Å². The number of carbonyl (C=O) groups is 2.